The predicted octanol–water partition coefficient (Wildman–Crippen LogP) is 0.934. The van der Waals surface area contributed by atoms with Crippen molar-refractivity contribution in [2.45, 2.75) is 12.8 Å². The molecule has 0 fully saturated rings. The van der Waals surface area contributed by atoms with Gasteiger partial charge in [0.05, 0.1) is 14.2 Å². The van der Waals surface area contributed by atoms with Gasteiger partial charge in [-0.15, -0.1) is 0 Å². The average Bonchev–Trinajstić information content (AvgIpc) is 2.34. The first-order valence-corrected chi connectivity index (χ1v) is 5.12. The molecule has 1 aromatic rings. The van der Waals surface area contributed by atoms with E-state index >= 15 is 0 Å². The van der Waals surface area contributed by atoms with Crippen molar-refractivity contribution < 1.29 is 19.1 Å². The van der Waals surface area contributed by atoms with Crippen molar-refractivity contribution in [3.05, 3.63) is 23.3 Å². The van der Waals surface area contributed by atoms with E-state index in [1.54, 1.807) is 6.07 Å². The maximum atomic E-state index is 11.3. The number of hydrogen-bond acceptors (Lipinski definition) is 4. The van der Waals surface area contributed by atoms with Gasteiger partial charge in [0.2, 0.25) is 5.91 Å². The molecule has 0 saturated heterocycles. The summed E-state index contributed by atoms with van der Waals surface area (Å²) < 4.78 is 10.2. The Kier molecular flexibility index (Phi) is 4.51. The van der Waals surface area contributed by atoms with Gasteiger partial charge in [0.25, 0.3) is 0 Å². The average molecular weight is 237 g/mol. The number of aryl methyl sites for hydroxylation is 1. The number of primary amides is 1. The van der Waals surface area contributed by atoms with E-state index in [1.165, 1.54) is 20.3 Å². The number of methoxy groups -OCH3 is 2. The zero-order chi connectivity index (χ0) is 12.8. The first-order valence-electron chi connectivity index (χ1n) is 5.12. The Morgan fingerprint density at radius 3 is 2.35 bits per heavy atom. The molecule has 0 radical (unpaired) electrons. The molecule has 0 heterocycles. The lowest BCUT2D eigenvalue weighted by molar-refractivity contribution is -0.107. The summed E-state index contributed by atoms with van der Waals surface area (Å²) in [4.78, 5) is 21.7. The monoisotopic (exact) mass is 237 g/mol. The molecule has 1 rings (SSSR count). The minimum atomic E-state index is -0.549. The lowest BCUT2D eigenvalue weighted by Gasteiger charge is -2.12. The van der Waals surface area contributed by atoms with Crippen LogP contribution in [0.1, 0.15) is 22.3 Å². The number of hydrogen-bond donors (Lipinski definition) is 1. The Hall–Kier alpha value is -2.04. The molecule has 0 saturated carbocycles. The number of carbonyl (C=O) groups excluding carboxylic acids is 2. The molecule has 17 heavy (non-hydrogen) atoms. The number of amides is 1. The van der Waals surface area contributed by atoms with E-state index in [-0.39, 0.29) is 0 Å². The Morgan fingerprint density at radius 2 is 1.88 bits per heavy atom. The summed E-state index contributed by atoms with van der Waals surface area (Å²) in [5.74, 6) is 0.404. The molecular weight excluding hydrogens is 222 g/mol. The smallest absolute Gasteiger partial charge is 0.249 e. The second-order valence-electron chi connectivity index (χ2n) is 3.43. The standard InChI is InChI=1S/C12H15NO4/c1-16-10-6-8(4-3-5-14)9(12(13)15)7-11(10)17-2/h5-7H,3-4H2,1-2H3,(H2,13,15). The first-order chi connectivity index (χ1) is 8.13. The molecule has 0 aliphatic rings. The fraction of sp³-hybridized carbons (Fsp3) is 0.333. The minimum absolute atomic E-state index is 0.329. The number of nitrogens with two attached hydrogens (primary N) is 1. The number of carbonyl (C=O) groups is 2. The maximum Gasteiger partial charge on any atom is 0.249 e. The molecular formula is C12H15NO4. The zero-order valence-corrected chi connectivity index (χ0v) is 9.86. The van der Waals surface area contributed by atoms with Gasteiger partial charge in [-0.2, -0.15) is 0 Å². The van der Waals surface area contributed by atoms with Crippen LogP contribution in [0.5, 0.6) is 11.5 Å². The van der Waals surface area contributed by atoms with Crippen LogP contribution in [0.25, 0.3) is 0 Å². The van der Waals surface area contributed by atoms with Gasteiger partial charge in [-0.25, -0.2) is 0 Å². The summed E-state index contributed by atoms with van der Waals surface area (Å²) in [6.07, 6.45) is 1.57. The van der Waals surface area contributed by atoms with Crippen molar-refractivity contribution in [3.63, 3.8) is 0 Å². The highest BCUT2D eigenvalue weighted by Gasteiger charge is 2.14. The van der Waals surface area contributed by atoms with E-state index in [1.807, 2.05) is 0 Å². The number of aldehydes is 1. The van der Waals surface area contributed by atoms with Crippen molar-refractivity contribution >= 4 is 12.2 Å². The van der Waals surface area contributed by atoms with Crippen LogP contribution in [0.2, 0.25) is 0 Å². The first kappa shape index (κ1) is 13.0. The minimum Gasteiger partial charge on any atom is -0.493 e. The third-order valence-electron chi connectivity index (χ3n) is 2.41. The Bertz CT molecular complexity index is 429. The van der Waals surface area contributed by atoms with Gasteiger partial charge in [0.1, 0.15) is 6.29 Å². The predicted molar refractivity (Wildman–Crippen MR) is 62.4 cm³/mol. The van der Waals surface area contributed by atoms with Gasteiger partial charge in [-0.1, -0.05) is 0 Å². The van der Waals surface area contributed by atoms with Gasteiger partial charge >= 0.3 is 0 Å². The number of benzene rings is 1. The molecule has 5 nitrogen and oxygen atoms in total. The molecule has 1 aromatic carbocycles. The molecule has 0 spiro atoms. The van der Waals surface area contributed by atoms with E-state index in [0.717, 1.165) is 6.29 Å². The molecule has 92 valence electrons. The second-order valence-corrected chi connectivity index (χ2v) is 3.43. The lowest BCUT2D eigenvalue weighted by Crippen LogP contribution is -2.14. The van der Waals surface area contributed by atoms with E-state index in [2.05, 4.69) is 0 Å². The maximum absolute atomic E-state index is 11.3. The molecule has 5 heteroatoms. The largest absolute Gasteiger partial charge is 0.493 e. The van der Waals surface area contributed by atoms with E-state index < -0.39 is 5.91 Å². The van der Waals surface area contributed by atoms with Crippen molar-refractivity contribution in [2.75, 3.05) is 14.2 Å². The fourth-order valence-corrected chi connectivity index (χ4v) is 1.57. The Balaban J connectivity index is 3.24. The molecule has 0 aromatic heterocycles. The van der Waals surface area contributed by atoms with Crippen molar-refractivity contribution in [1.82, 2.24) is 0 Å². The summed E-state index contributed by atoms with van der Waals surface area (Å²) in [6.45, 7) is 0. The van der Waals surface area contributed by atoms with E-state index in [9.17, 15) is 9.59 Å². The summed E-state index contributed by atoms with van der Waals surface area (Å²) in [5.41, 5.74) is 6.31. The molecule has 1 amide bonds. The van der Waals surface area contributed by atoms with Crippen LogP contribution >= 0.6 is 0 Å². The molecule has 0 aliphatic heterocycles. The van der Waals surface area contributed by atoms with Gasteiger partial charge in [0, 0.05) is 12.0 Å². The molecule has 0 atom stereocenters. The summed E-state index contributed by atoms with van der Waals surface area (Å²) in [5, 5.41) is 0. The highest BCUT2D eigenvalue weighted by atomic mass is 16.5. The van der Waals surface area contributed by atoms with Crippen LogP contribution < -0.4 is 15.2 Å². The third-order valence-corrected chi connectivity index (χ3v) is 2.41. The van der Waals surface area contributed by atoms with Crippen LogP contribution in [0.4, 0.5) is 0 Å². The van der Waals surface area contributed by atoms with Crippen LogP contribution in [-0.4, -0.2) is 26.4 Å². The second kappa shape index (κ2) is 5.89. The summed E-state index contributed by atoms with van der Waals surface area (Å²) in [6, 6.07) is 3.20. The Morgan fingerprint density at radius 1 is 1.29 bits per heavy atom. The highest BCUT2D eigenvalue weighted by molar-refractivity contribution is 5.95. The highest BCUT2D eigenvalue weighted by Crippen LogP contribution is 2.30. The van der Waals surface area contributed by atoms with Gasteiger partial charge in [0.15, 0.2) is 11.5 Å². The lowest BCUT2D eigenvalue weighted by atomic mass is 10.0. The molecule has 2 N–H and O–H groups in total. The SMILES string of the molecule is COc1cc(CCC=O)c(C(N)=O)cc1OC. The van der Waals surface area contributed by atoms with Crippen LogP contribution in [-0.2, 0) is 11.2 Å². The van der Waals surface area contributed by atoms with Crippen LogP contribution in [0.3, 0.4) is 0 Å². The number of ether oxygens (including phenoxy) is 2. The molecule has 0 aliphatic carbocycles. The van der Waals surface area contributed by atoms with Crippen molar-refractivity contribution in [1.29, 1.82) is 0 Å². The molecule has 0 bridgehead atoms. The number of rotatable bonds is 6. The quantitative estimate of drug-likeness (QED) is 0.746. The van der Waals surface area contributed by atoms with E-state index in [4.69, 9.17) is 15.2 Å². The zero-order valence-electron chi connectivity index (χ0n) is 9.86. The Labute approximate surface area is 99.5 Å². The third kappa shape index (κ3) is 2.96. The van der Waals surface area contributed by atoms with Crippen LogP contribution in [0.15, 0.2) is 12.1 Å². The van der Waals surface area contributed by atoms with Crippen molar-refractivity contribution in [3.8, 4) is 11.5 Å². The fourth-order valence-electron chi connectivity index (χ4n) is 1.57. The van der Waals surface area contributed by atoms with Crippen LogP contribution in [0, 0.1) is 0 Å². The van der Waals surface area contributed by atoms with Gasteiger partial charge < -0.3 is 20.0 Å². The topological polar surface area (TPSA) is 78.6 Å². The summed E-state index contributed by atoms with van der Waals surface area (Å²) in [7, 11) is 2.99. The van der Waals surface area contributed by atoms with E-state index in [0.29, 0.717) is 35.5 Å². The molecule has 0 unspecified atom stereocenters. The van der Waals surface area contributed by atoms with Crippen molar-refractivity contribution in [2.24, 2.45) is 5.73 Å². The van der Waals surface area contributed by atoms with Gasteiger partial charge in [-0.05, 0) is 24.1 Å². The summed E-state index contributed by atoms with van der Waals surface area (Å²) >= 11 is 0. The van der Waals surface area contributed by atoms with Gasteiger partial charge in [-0.3, -0.25) is 4.79 Å². The normalized spacial score (nSPS) is 9.76.